The van der Waals surface area contributed by atoms with Gasteiger partial charge in [0.25, 0.3) is 0 Å². The second kappa shape index (κ2) is 8.23. The van der Waals surface area contributed by atoms with Gasteiger partial charge in [-0.15, -0.1) is 0 Å². The highest BCUT2D eigenvalue weighted by atomic mass is 16.5. The van der Waals surface area contributed by atoms with E-state index in [0.29, 0.717) is 12.0 Å². The van der Waals surface area contributed by atoms with Gasteiger partial charge in [-0.1, -0.05) is 26.7 Å². The minimum absolute atomic E-state index is 0.673. The summed E-state index contributed by atoms with van der Waals surface area (Å²) in [7, 11) is 0. The van der Waals surface area contributed by atoms with E-state index in [0.717, 1.165) is 25.7 Å². The normalized spacial score (nSPS) is 30.6. The van der Waals surface area contributed by atoms with Crippen molar-refractivity contribution in [1.82, 2.24) is 10.2 Å². The van der Waals surface area contributed by atoms with Gasteiger partial charge in [0.15, 0.2) is 0 Å². The Balaban J connectivity index is 1.74. The summed E-state index contributed by atoms with van der Waals surface area (Å²) in [6.45, 7) is 11.3. The zero-order valence-corrected chi connectivity index (χ0v) is 12.9. The van der Waals surface area contributed by atoms with E-state index >= 15 is 0 Å². The van der Waals surface area contributed by atoms with Gasteiger partial charge in [-0.3, -0.25) is 0 Å². The zero-order chi connectivity index (χ0) is 13.5. The third-order valence-corrected chi connectivity index (χ3v) is 4.84. The van der Waals surface area contributed by atoms with Crippen molar-refractivity contribution in [2.24, 2.45) is 11.8 Å². The standard InChI is InChI=1S/C16H32N2O/c1-3-5-14-6-9-18(10-7-14)12-15-13-19-11-8-16(15)17-4-2/h14-17H,3-13H2,1-2H3. The molecular weight excluding hydrogens is 236 g/mol. The molecule has 0 aromatic rings. The molecule has 2 atom stereocenters. The Morgan fingerprint density at radius 2 is 1.95 bits per heavy atom. The van der Waals surface area contributed by atoms with E-state index in [4.69, 9.17) is 4.74 Å². The Kier molecular flexibility index (Phi) is 6.62. The second-order valence-corrected chi connectivity index (χ2v) is 6.32. The maximum atomic E-state index is 5.69. The highest BCUT2D eigenvalue weighted by molar-refractivity contribution is 4.83. The molecule has 112 valence electrons. The lowest BCUT2D eigenvalue weighted by Crippen LogP contribution is -2.49. The van der Waals surface area contributed by atoms with Crippen molar-refractivity contribution in [2.75, 3.05) is 39.4 Å². The van der Waals surface area contributed by atoms with Crippen LogP contribution < -0.4 is 5.32 Å². The Labute approximate surface area is 119 Å². The average molecular weight is 268 g/mol. The SMILES string of the molecule is CCCC1CCN(CC2COCCC2NCC)CC1. The number of likely N-dealkylation sites (tertiary alicyclic amines) is 1. The van der Waals surface area contributed by atoms with Crippen molar-refractivity contribution in [3.8, 4) is 0 Å². The first kappa shape index (κ1) is 15.3. The van der Waals surface area contributed by atoms with E-state index in [1.807, 2.05) is 0 Å². The zero-order valence-electron chi connectivity index (χ0n) is 12.9. The minimum Gasteiger partial charge on any atom is -0.381 e. The monoisotopic (exact) mass is 268 g/mol. The molecule has 2 aliphatic rings. The summed E-state index contributed by atoms with van der Waals surface area (Å²) in [4.78, 5) is 2.68. The summed E-state index contributed by atoms with van der Waals surface area (Å²) in [5, 5.41) is 3.65. The smallest absolute Gasteiger partial charge is 0.0521 e. The van der Waals surface area contributed by atoms with Gasteiger partial charge < -0.3 is 15.0 Å². The van der Waals surface area contributed by atoms with Gasteiger partial charge in [-0.05, 0) is 44.8 Å². The molecule has 0 spiro atoms. The third kappa shape index (κ3) is 4.73. The number of piperidine rings is 1. The summed E-state index contributed by atoms with van der Waals surface area (Å²) >= 11 is 0. The molecule has 2 saturated heterocycles. The van der Waals surface area contributed by atoms with Crippen LogP contribution in [0.15, 0.2) is 0 Å². The topological polar surface area (TPSA) is 24.5 Å². The van der Waals surface area contributed by atoms with Gasteiger partial charge in [0.05, 0.1) is 6.61 Å². The van der Waals surface area contributed by atoms with Gasteiger partial charge in [0.2, 0.25) is 0 Å². The Bertz CT molecular complexity index is 237. The fraction of sp³-hybridized carbons (Fsp3) is 1.00. The first-order valence-corrected chi connectivity index (χ1v) is 8.37. The molecule has 2 fully saturated rings. The fourth-order valence-corrected chi connectivity index (χ4v) is 3.71. The number of ether oxygens (including phenoxy) is 1. The Morgan fingerprint density at radius 1 is 1.16 bits per heavy atom. The van der Waals surface area contributed by atoms with Crippen LogP contribution in [-0.4, -0.2) is 50.3 Å². The molecule has 2 unspecified atom stereocenters. The summed E-state index contributed by atoms with van der Waals surface area (Å²) in [5.74, 6) is 1.69. The van der Waals surface area contributed by atoms with Gasteiger partial charge >= 0.3 is 0 Å². The summed E-state index contributed by atoms with van der Waals surface area (Å²) in [6, 6.07) is 0.673. The summed E-state index contributed by atoms with van der Waals surface area (Å²) in [5.41, 5.74) is 0. The van der Waals surface area contributed by atoms with Crippen molar-refractivity contribution in [1.29, 1.82) is 0 Å². The lowest BCUT2D eigenvalue weighted by Gasteiger charge is -2.38. The van der Waals surface area contributed by atoms with Crippen LogP contribution in [0.1, 0.15) is 46.0 Å². The highest BCUT2D eigenvalue weighted by Crippen LogP contribution is 2.24. The van der Waals surface area contributed by atoms with Crippen molar-refractivity contribution < 1.29 is 4.74 Å². The number of hydrogen-bond acceptors (Lipinski definition) is 3. The molecule has 1 N–H and O–H groups in total. The van der Waals surface area contributed by atoms with E-state index in [9.17, 15) is 0 Å². The van der Waals surface area contributed by atoms with Gasteiger partial charge in [0.1, 0.15) is 0 Å². The third-order valence-electron chi connectivity index (χ3n) is 4.84. The van der Waals surface area contributed by atoms with Gasteiger partial charge in [-0.25, -0.2) is 0 Å². The number of nitrogens with one attached hydrogen (secondary N) is 1. The molecule has 0 amide bonds. The lowest BCUT2D eigenvalue weighted by atomic mass is 9.90. The summed E-state index contributed by atoms with van der Waals surface area (Å²) in [6.07, 6.45) is 6.79. The maximum Gasteiger partial charge on any atom is 0.0521 e. The number of nitrogens with zero attached hydrogens (tertiary/aromatic N) is 1. The number of rotatable bonds is 6. The molecule has 3 heteroatoms. The van der Waals surface area contributed by atoms with Gasteiger partial charge in [0, 0.05) is 25.1 Å². The molecule has 19 heavy (non-hydrogen) atoms. The summed E-state index contributed by atoms with van der Waals surface area (Å²) < 4.78 is 5.69. The van der Waals surface area contributed by atoms with Crippen LogP contribution in [0.25, 0.3) is 0 Å². The molecule has 0 radical (unpaired) electrons. The first-order valence-electron chi connectivity index (χ1n) is 8.37. The molecule has 2 rings (SSSR count). The lowest BCUT2D eigenvalue weighted by molar-refractivity contribution is 0.0119. The van der Waals surface area contributed by atoms with Crippen LogP contribution in [0.2, 0.25) is 0 Å². The Morgan fingerprint density at radius 3 is 2.63 bits per heavy atom. The molecule has 2 heterocycles. The van der Waals surface area contributed by atoms with Crippen molar-refractivity contribution >= 4 is 0 Å². The molecule has 0 aromatic heterocycles. The number of hydrogen-bond donors (Lipinski definition) is 1. The van der Waals surface area contributed by atoms with Crippen LogP contribution in [-0.2, 0) is 4.74 Å². The molecule has 0 saturated carbocycles. The maximum absolute atomic E-state index is 5.69. The fourth-order valence-electron chi connectivity index (χ4n) is 3.71. The van der Waals surface area contributed by atoms with Crippen molar-refractivity contribution in [2.45, 2.75) is 52.0 Å². The molecular formula is C16H32N2O. The predicted octanol–water partition coefficient (Wildman–Crippen LogP) is 2.51. The van der Waals surface area contributed by atoms with E-state index in [-0.39, 0.29) is 0 Å². The molecule has 0 aliphatic carbocycles. The highest BCUT2D eigenvalue weighted by Gasteiger charge is 2.28. The molecule has 0 aromatic carbocycles. The minimum atomic E-state index is 0.673. The van der Waals surface area contributed by atoms with Crippen LogP contribution in [0.5, 0.6) is 0 Å². The average Bonchev–Trinajstić information content (AvgIpc) is 2.44. The Hall–Kier alpha value is -0.120. The van der Waals surface area contributed by atoms with E-state index in [1.54, 1.807) is 0 Å². The van der Waals surface area contributed by atoms with Crippen molar-refractivity contribution in [3.63, 3.8) is 0 Å². The molecule has 2 aliphatic heterocycles. The first-order chi connectivity index (χ1) is 9.33. The quantitative estimate of drug-likeness (QED) is 0.801. The van der Waals surface area contributed by atoms with E-state index < -0.39 is 0 Å². The molecule has 3 nitrogen and oxygen atoms in total. The van der Waals surface area contributed by atoms with Gasteiger partial charge in [-0.2, -0.15) is 0 Å². The van der Waals surface area contributed by atoms with Crippen molar-refractivity contribution in [3.05, 3.63) is 0 Å². The van der Waals surface area contributed by atoms with Crippen LogP contribution in [0, 0.1) is 11.8 Å². The molecule has 0 bridgehead atoms. The van der Waals surface area contributed by atoms with Crippen LogP contribution >= 0.6 is 0 Å². The van der Waals surface area contributed by atoms with Crippen LogP contribution in [0.4, 0.5) is 0 Å². The van der Waals surface area contributed by atoms with E-state index in [2.05, 4.69) is 24.1 Å². The van der Waals surface area contributed by atoms with E-state index in [1.165, 1.54) is 51.7 Å². The predicted molar refractivity (Wildman–Crippen MR) is 80.5 cm³/mol. The van der Waals surface area contributed by atoms with Crippen LogP contribution in [0.3, 0.4) is 0 Å². The largest absolute Gasteiger partial charge is 0.381 e. The second-order valence-electron chi connectivity index (χ2n) is 6.32.